The molecular formula is C11H9BrClF3N2O2. The Kier molecular flexibility index (Phi) is 4.17. The summed E-state index contributed by atoms with van der Waals surface area (Å²) in [5.74, 6) is -0.696. The van der Waals surface area contributed by atoms with Crippen LogP contribution in [-0.4, -0.2) is 24.9 Å². The average Bonchev–Trinajstić information content (AvgIpc) is 2.54. The number of halogens is 5. The molecule has 110 valence electrons. The lowest BCUT2D eigenvalue weighted by atomic mass is 10.2. The monoisotopic (exact) mass is 372 g/mol. The molecule has 1 heterocycles. The summed E-state index contributed by atoms with van der Waals surface area (Å²) in [5.41, 5.74) is 5.96. The molecule has 2 N–H and O–H groups in total. The van der Waals surface area contributed by atoms with E-state index in [2.05, 4.69) is 20.7 Å². The van der Waals surface area contributed by atoms with Crippen molar-refractivity contribution in [2.45, 2.75) is 18.8 Å². The average molecular weight is 374 g/mol. The van der Waals surface area contributed by atoms with Gasteiger partial charge in [0.15, 0.2) is 0 Å². The van der Waals surface area contributed by atoms with Crippen LogP contribution in [0.4, 0.5) is 18.9 Å². The molecule has 9 heteroatoms. The number of carbonyl (C=O) groups is 1. The van der Waals surface area contributed by atoms with E-state index in [-0.39, 0.29) is 34.4 Å². The number of alkyl halides is 3. The molecule has 0 aliphatic carbocycles. The van der Waals surface area contributed by atoms with Crippen LogP contribution in [0.2, 0.25) is 5.02 Å². The molecule has 0 saturated carbocycles. The van der Waals surface area contributed by atoms with Crippen molar-refractivity contribution in [2.24, 2.45) is 5.73 Å². The van der Waals surface area contributed by atoms with Crippen LogP contribution in [-0.2, 0) is 4.79 Å². The zero-order valence-electron chi connectivity index (χ0n) is 9.88. The summed E-state index contributed by atoms with van der Waals surface area (Å²) < 4.78 is 40.5. The minimum Gasteiger partial charge on any atom is -0.406 e. The molecule has 4 nitrogen and oxygen atoms in total. The summed E-state index contributed by atoms with van der Waals surface area (Å²) in [6.45, 7) is 0.261. The number of benzene rings is 1. The predicted molar refractivity (Wildman–Crippen MR) is 70.8 cm³/mol. The van der Waals surface area contributed by atoms with Gasteiger partial charge in [-0.15, -0.1) is 13.2 Å². The van der Waals surface area contributed by atoms with E-state index in [0.29, 0.717) is 5.69 Å². The molecule has 1 fully saturated rings. The van der Waals surface area contributed by atoms with Gasteiger partial charge in [0, 0.05) is 29.5 Å². The van der Waals surface area contributed by atoms with E-state index in [0.717, 1.165) is 12.1 Å². The molecule has 1 aliphatic rings. The predicted octanol–water partition coefficient (Wildman–Crippen LogP) is 3.07. The van der Waals surface area contributed by atoms with E-state index in [9.17, 15) is 18.0 Å². The SMILES string of the molecule is NC1CC(=O)N(c2c(Cl)cc(OC(F)(F)F)cc2Br)C1. The van der Waals surface area contributed by atoms with E-state index < -0.39 is 12.1 Å². The summed E-state index contributed by atoms with van der Waals surface area (Å²) in [6.07, 6.45) is -4.64. The zero-order valence-corrected chi connectivity index (χ0v) is 12.2. The Balaban J connectivity index is 2.34. The number of amides is 1. The minimum atomic E-state index is -4.81. The molecule has 2 rings (SSSR count). The first-order valence-corrected chi connectivity index (χ1v) is 6.65. The fourth-order valence-electron chi connectivity index (χ4n) is 1.94. The van der Waals surface area contributed by atoms with Gasteiger partial charge < -0.3 is 15.4 Å². The maximum atomic E-state index is 12.2. The molecule has 1 atom stereocenters. The van der Waals surface area contributed by atoms with E-state index >= 15 is 0 Å². The molecule has 0 bridgehead atoms. The maximum absolute atomic E-state index is 12.2. The molecule has 1 aliphatic heterocycles. The van der Waals surface area contributed by atoms with Crippen molar-refractivity contribution in [1.82, 2.24) is 0 Å². The Bertz CT molecular complexity index is 530. The Hall–Kier alpha value is -0.990. The Morgan fingerprint density at radius 3 is 2.55 bits per heavy atom. The number of nitrogens with two attached hydrogens (primary N) is 1. The first kappa shape index (κ1) is 15.4. The van der Waals surface area contributed by atoms with Gasteiger partial charge in [-0.25, -0.2) is 0 Å². The molecule has 1 aromatic rings. The van der Waals surface area contributed by atoms with Crippen LogP contribution in [0.15, 0.2) is 16.6 Å². The Labute approximate surface area is 125 Å². The van der Waals surface area contributed by atoms with Gasteiger partial charge in [-0.05, 0) is 22.0 Å². The van der Waals surface area contributed by atoms with Crippen molar-refractivity contribution in [2.75, 3.05) is 11.4 Å². The normalized spacial score (nSPS) is 19.6. The van der Waals surface area contributed by atoms with Crippen LogP contribution in [0, 0.1) is 0 Å². The molecule has 0 radical (unpaired) electrons. The van der Waals surface area contributed by atoms with Gasteiger partial charge >= 0.3 is 6.36 Å². The van der Waals surface area contributed by atoms with Crippen molar-refractivity contribution in [3.05, 3.63) is 21.6 Å². The molecule has 0 spiro atoms. The zero-order chi connectivity index (χ0) is 15.1. The second-order valence-electron chi connectivity index (χ2n) is 4.25. The van der Waals surface area contributed by atoms with Gasteiger partial charge in [-0.3, -0.25) is 4.79 Å². The van der Waals surface area contributed by atoms with Gasteiger partial charge in [0.25, 0.3) is 0 Å². The van der Waals surface area contributed by atoms with Gasteiger partial charge in [-0.1, -0.05) is 11.6 Å². The standard InChI is InChI=1S/C11H9BrClF3N2O2/c12-7-2-6(20-11(14,15)16)3-8(13)10(7)18-4-5(17)1-9(18)19/h2-3,5H,1,4,17H2. The van der Waals surface area contributed by atoms with E-state index in [1.807, 2.05) is 0 Å². The third-order valence-electron chi connectivity index (χ3n) is 2.65. The quantitative estimate of drug-likeness (QED) is 0.867. The first-order valence-electron chi connectivity index (χ1n) is 5.48. The van der Waals surface area contributed by atoms with Crippen molar-refractivity contribution >= 4 is 39.1 Å². The number of carbonyl (C=O) groups excluding carboxylic acids is 1. The maximum Gasteiger partial charge on any atom is 0.573 e. The van der Waals surface area contributed by atoms with E-state index in [4.69, 9.17) is 17.3 Å². The van der Waals surface area contributed by atoms with Gasteiger partial charge in [0.1, 0.15) is 5.75 Å². The van der Waals surface area contributed by atoms with Crippen molar-refractivity contribution in [3.8, 4) is 5.75 Å². The topological polar surface area (TPSA) is 55.6 Å². The molecular weight excluding hydrogens is 364 g/mol. The van der Waals surface area contributed by atoms with E-state index in [1.165, 1.54) is 4.90 Å². The first-order chi connectivity index (χ1) is 9.17. The lowest BCUT2D eigenvalue weighted by molar-refractivity contribution is -0.274. The number of hydrogen-bond acceptors (Lipinski definition) is 3. The van der Waals surface area contributed by atoms with Crippen LogP contribution < -0.4 is 15.4 Å². The summed E-state index contributed by atoms with van der Waals surface area (Å²) in [5, 5.41) is -0.0268. The number of anilines is 1. The van der Waals surface area contributed by atoms with Crippen LogP contribution in [0.1, 0.15) is 6.42 Å². The van der Waals surface area contributed by atoms with Crippen LogP contribution in [0.25, 0.3) is 0 Å². The highest BCUT2D eigenvalue weighted by Crippen LogP contribution is 2.40. The highest BCUT2D eigenvalue weighted by atomic mass is 79.9. The third-order valence-corrected chi connectivity index (χ3v) is 3.54. The lowest BCUT2D eigenvalue weighted by Gasteiger charge is -2.20. The molecule has 1 saturated heterocycles. The molecule has 1 unspecified atom stereocenters. The summed E-state index contributed by atoms with van der Waals surface area (Å²) in [4.78, 5) is 13.1. The van der Waals surface area contributed by atoms with Crippen molar-refractivity contribution in [1.29, 1.82) is 0 Å². The second-order valence-corrected chi connectivity index (χ2v) is 5.51. The smallest absolute Gasteiger partial charge is 0.406 e. The summed E-state index contributed by atoms with van der Waals surface area (Å²) in [7, 11) is 0. The Morgan fingerprint density at radius 1 is 1.45 bits per heavy atom. The summed E-state index contributed by atoms with van der Waals surface area (Å²) in [6, 6.07) is 1.79. The number of nitrogens with zero attached hydrogens (tertiary/aromatic N) is 1. The fraction of sp³-hybridized carbons (Fsp3) is 0.364. The van der Waals surface area contributed by atoms with Gasteiger partial charge in [-0.2, -0.15) is 0 Å². The van der Waals surface area contributed by atoms with Crippen LogP contribution >= 0.6 is 27.5 Å². The minimum absolute atomic E-state index is 0.0268. The van der Waals surface area contributed by atoms with Crippen molar-refractivity contribution in [3.63, 3.8) is 0 Å². The number of rotatable bonds is 2. The molecule has 1 amide bonds. The molecule has 0 aromatic heterocycles. The van der Waals surface area contributed by atoms with Crippen molar-refractivity contribution < 1.29 is 22.7 Å². The fourth-order valence-corrected chi connectivity index (χ4v) is 3.02. The summed E-state index contributed by atoms with van der Waals surface area (Å²) >= 11 is 9.04. The highest BCUT2D eigenvalue weighted by molar-refractivity contribution is 9.10. The van der Waals surface area contributed by atoms with Gasteiger partial charge in [0.05, 0.1) is 10.7 Å². The van der Waals surface area contributed by atoms with Crippen LogP contribution in [0.3, 0.4) is 0 Å². The second kappa shape index (κ2) is 5.42. The largest absolute Gasteiger partial charge is 0.573 e. The van der Waals surface area contributed by atoms with Gasteiger partial charge in [0.2, 0.25) is 5.91 Å². The lowest BCUT2D eigenvalue weighted by Crippen LogP contribution is -2.28. The Morgan fingerprint density at radius 2 is 2.10 bits per heavy atom. The third kappa shape index (κ3) is 3.36. The molecule has 1 aromatic carbocycles. The number of ether oxygens (including phenoxy) is 1. The number of hydrogen-bond donors (Lipinski definition) is 1. The van der Waals surface area contributed by atoms with E-state index in [1.54, 1.807) is 0 Å². The molecule has 20 heavy (non-hydrogen) atoms. The highest BCUT2D eigenvalue weighted by Gasteiger charge is 2.34. The van der Waals surface area contributed by atoms with Crippen LogP contribution in [0.5, 0.6) is 5.75 Å².